The summed E-state index contributed by atoms with van der Waals surface area (Å²) in [6.07, 6.45) is -9.49. The number of hydrogen-bond acceptors (Lipinski definition) is 3. The van der Waals surface area contributed by atoms with Gasteiger partial charge in [0.15, 0.2) is 0 Å². The van der Waals surface area contributed by atoms with Gasteiger partial charge in [-0.15, -0.1) is 0 Å². The zero-order chi connectivity index (χ0) is 29.9. The Labute approximate surface area is 233 Å². The minimum Gasteiger partial charge on any atom is -0.333 e. The van der Waals surface area contributed by atoms with Gasteiger partial charge in [-0.1, -0.05) is 36.8 Å². The van der Waals surface area contributed by atoms with E-state index in [0.29, 0.717) is 42.8 Å². The van der Waals surface area contributed by atoms with Crippen molar-refractivity contribution in [1.82, 2.24) is 14.4 Å². The molecule has 0 saturated heterocycles. The quantitative estimate of drug-likeness (QED) is 0.352. The molecule has 0 aliphatic carbocycles. The highest BCUT2D eigenvalue weighted by Crippen LogP contribution is 2.38. The SMILES string of the molecule is Cc1ccc(-c2c3c(c(=O)n4c2C(=O)N(Cc2cc(C(F)(F)F)cc(C(F)(F)F)c2)C[C@H](C)C4)CN(C)CC3)cc1. The number of benzene rings is 2. The van der Waals surface area contributed by atoms with Crippen LogP contribution in [0.4, 0.5) is 26.3 Å². The number of rotatable bonds is 3. The highest BCUT2D eigenvalue weighted by Gasteiger charge is 2.38. The monoisotopic (exact) mass is 577 g/mol. The molecule has 1 aromatic heterocycles. The molecule has 2 aliphatic heterocycles. The summed E-state index contributed by atoms with van der Waals surface area (Å²) in [5.74, 6) is -0.897. The zero-order valence-electron chi connectivity index (χ0n) is 22.8. The lowest BCUT2D eigenvalue weighted by Crippen LogP contribution is -2.39. The summed E-state index contributed by atoms with van der Waals surface area (Å²) in [6.45, 7) is 4.54. The standard InChI is InChI=1S/C30H29F6N3O2/c1-17-4-6-20(7-5-17)25-23-8-9-37(3)16-24(23)27(40)39-14-18(2)13-38(28(41)26(25)39)15-19-10-21(29(31,32)33)12-22(11-19)30(34,35)36/h4-7,10-12,18H,8-9,13-16H2,1-3H3/t18-/m0/s1. The second-order valence-corrected chi connectivity index (χ2v) is 11.2. The second kappa shape index (κ2) is 10.3. The Morgan fingerprint density at radius 2 is 1.49 bits per heavy atom. The molecular formula is C30H29F6N3O2. The number of pyridine rings is 1. The van der Waals surface area contributed by atoms with Gasteiger partial charge >= 0.3 is 12.4 Å². The van der Waals surface area contributed by atoms with Crippen molar-refractivity contribution in [3.63, 3.8) is 0 Å². The molecule has 5 rings (SSSR count). The van der Waals surface area contributed by atoms with Crippen LogP contribution in [0, 0.1) is 12.8 Å². The van der Waals surface area contributed by atoms with Crippen LogP contribution in [0.15, 0.2) is 47.3 Å². The predicted molar refractivity (Wildman–Crippen MR) is 141 cm³/mol. The van der Waals surface area contributed by atoms with Gasteiger partial charge in [0.25, 0.3) is 11.5 Å². The highest BCUT2D eigenvalue weighted by molar-refractivity contribution is 6.00. The summed E-state index contributed by atoms with van der Waals surface area (Å²) < 4.78 is 82.6. The van der Waals surface area contributed by atoms with Gasteiger partial charge in [-0.2, -0.15) is 26.3 Å². The summed E-state index contributed by atoms with van der Waals surface area (Å²) >= 11 is 0. The van der Waals surface area contributed by atoms with Gasteiger partial charge in [-0.05, 0) is 61.2 Å². The molecule has 1 amide bonds. The molecule has 0 radical (unpaired) electrons. The molecule has 5 nitrogen and oxygen atoms in total. The number of halogens is 6. The molecule has 0 fully saturated rings. The number of likely N-dealkylation sites (N-methyl/N-ethyl adjacent to an activating group) is 1. The van der Waals surface area contributed by atoms with Gasteiger partial charge in [-0.25, -0.2) is 0 Å². The molecule has 0 bridgehead atoms. The van der Waals surface area contributed by atoms with Crippen molar-refractivity contribution in [3.05, 3.63) is 91.9 Å². The fourth-order valence-corrected chi connectivity index (χ4v) is 5.79. The summed E-state index contributed by atoms with van der Waals surface area (Å²) in [4.78, 5) is 31.3. The third-order valence-electron chi connectivity index (χ3n) is 7.72. The van der Waals surface area contributed by atoms with E-state index in [-0.39, 0.29) is 41.9 Å². The Morgan fingerprint density at radius 3 is 2.07 bits per heavy atom. The minimum atomic E-state index is -5.00. The van der Waals surface area contributed by atoms with Gasteiger partial charge in [0.2, 0.25) is 0 Å². The summed E-state index contributed by atoms with van der Waals surface area (Å²) in [6, 6.07) is 8.88. The average molecular weight is 578 g/mol. The van der Waals surface area contributed by atoms with E-state index in [2.05, 4.69) is 0 Å². The summed E-state index contributed by atoms with van der Waals surface area (Å²) in [7, 11) is 1.91. The van der Waals surface area contributed by atoms with Crippen LogP contribution in [-0.2, 0) is 38.4 Å². The van der Waals surface area contributed by atoms with E-state index < -0.39 is 35.9 Å². The molecule has 3 aromatic rings. The van der Waals surface area contributed by atoms with E-state index >= 15 is 0 Å². The molecule has 0 N–H and O–H groups in total. The molecule has 3 heterocycles. The maximum absolute atomic E-state index is 14.2. The molecule has 218 valence electrons. The van der Waals surface area contributed by atoms with E-state index in [9.17, 15) is 35.9 Å². The van der Waals surface area contributed by atoms with Crippen LogP contribution in [0.1, 0.15) is 50.8 Å². The number of alkyl halides is 6. The highest BCUT2D eigenvalue weighted by atomic mass is 19.4. The maximum Gasteiger partial charge on any atom is 0.416 e. The van der Waals surface area contributed by atoms with Gasteiger partial charge in [0, 0.05) is 43.9 Å². The lowest BCUT2D eigenvalue weighted by Gasteiger charge is -2.30. The van der Waals surface area contributed by atoms with Crippen LogP contribution in [0.2, 0.25) is 0 Å². The Hall–Kier alpha value is -3.60. The van der Waals surface area contributed by atoms with Crippen LogP contribution in [0.5, 0.6) is 0 Å². The molecule has 41 heavy (non-hydrogen) atoms. The third-order valence-corrected chi connectivity index (χ3v) is 7.72. The van der Waals surface area contributed by atoms with Gasteiger partial charge < -0.3 is 14.4 Å². The van der Waals surface area contributed by atoms with Crippen molar-refractivity contribution < 1.29 is 31.1 Å². The number of aryl methyl sites for hydroxylation is 1. The van der Waals surface area contributed by atoms with Crippen molar-refractivity contribution in [1.29, 1.82) is 0 Å². The van der Waals surface area contributed by atoms with Crippen molar-refractivity contribution in [2.75, 3.05) is 20.1 Å². The molecule has 2 aliphatic rings. The number of carbonyl (C=O) groups is 1. The fourth-order valence-electron chi connectivity index (χ4n) is 5.79. The van der Waals surface area contributed by atoms with Crippen molar-refractivity contribution in [3.8, 4) is 11.1 Å². The number of fused-ring (bicyclic) bond motifs is 2. The van der Waals surface area contributed by atoms with Crippen LogP contribution < -0.4 is 5.56 Å². The molecule has 1 atom stereocenters. The molecule has 11 heteroatoms. The third kappa shape index (κ3) is 5.64. The fraction of sp³-hybridized carbons (Fsp3) is 0.400. The summed E-state index contributed by atoms with van der Waals surface area (Å²) in [5, 5.41) is 0. The molecule has 0 saturated carbocycles. The first-order valence-corrected chi connectivity index (χ1v) is 13.2. The largest absolute Gasteiger partial charge is 0.416 e. The smallest absolute Gasteiger partial charge is 0.333 e. The van der Waals surface area contributed by atoms with Crippen LogP contribution >= 0.6 is 0 Å². The van der Waals surface area contributed by atoms with E-state index in [1.54, 1.807) is 6.92 Å². The second-order valence-electron chi connectivity index (χ2n) is 11.2. The Kier molecular flexibility index (Phi) is 7.30. The number of hydrogen-bond donors (Lipinski definition) is 0. The topological polar surface area (TPSA) is 45.6 Å². The number of amides is 1. The maximum atomic E-state index is 14.2. The normalized spacial score (nSPS) is 18.2. The number of aromatic nitrogens is 1. The van der Waals surface area contributed by atoms with E-state index in [0.717, 1.165) is 16.7 Å². The van der Waals surface area contributed by atoms with Gasteiger partial charge in [0.05, 0.1) is 11.1 Å². The lowest BCUT2D eigenvalue weighted by atomic mass is 9.89. The van der Waals surface area contributed by atoms with Gasteiger partial charge in [0.1, 0.15) is 5.69 Å². The van der Waals surface area contributed by atoms with E-state index in [4.69, 9.17) is 0 Å². The molecule has 0 spiro atoms. The van der Waals surface area contributed by atoms with Crippen LogP contribution in [0.25, 0.3) is 11.1 Å². The van der Waals surface area contributed by atoms with Gasteiger partial charge in [-0.3, -0.25) is 9.59 Å². The van der Waals surface area contributed by atoms with Crippen molar-refractivity contribution >= 4 is 5.91 Å². The van der Waals surface area contributed by atoms with Crippen molar-refractivity contribution in [2.45, 2.75) is 52.3 Å². The summed E-state index contributed by atoms with van der Waals surface area (Å²) in [5.41, 5.74) is 0.322. The average Bonchev–Trinajstić information content (AvgIpc) is 3.00. The first kappa shape index (κ1) is 28.9. The molecule has 0 unspecified atom stereocenters. The first-order chi connectivity index (χ1) is 19.1. The predicted octanol–water partition coefficient (Wildman–Crippen LogP) is 6.14. The first-order valence-electron chi connectivity index (χ1n) is 13.2. The van der Waals surface area contributed by atoms with Crippen LogP contribution in [0.3, 0.4) is 0 Å². The van der Waals surface area contributed by atoms with Crippen LogP contribution in [-0.4, -0.2) is 40.4 Å². The van der Waals surface area contributed by atoms with E-state index in [1.807, 2.05) is 43.1 Å². The van der Waals surface area contributed by atoms with E-state index in [1.165, 1.54) is 9.47 Å². The van der Waals surface area contributed by atoms with Crippen molar-refractivity contribution in [2.24, 2.45) is 5.92 Å². The molecular weight excluding hydrogens is 548 g/mol. The minimum absolute atomic E-state index is 0.0510. The number of nitrogens with zero attached hydrogens (tertiary/aromatic N) is 3. The Bertz CT molecular complexity index is 1520. The Balaban J connectivity index is 1.68. The lowest BCUT2D eigenvalue weighted by molar-refractivity contribution is -0.143. The Morgan fingerprint density at radius 1 is 0.878 bits per heavy atom. The number of carbonyl (C=O) groups excluding carboxylic acids is 1. The molecule has 2 aromatic carbocycles. The zero-order valence-corrected chi connectivity index (χ0v) is 22.8.